The van der Waals surface area contributed by atoms with E-state index in [2.05, 4.69) is 51.9 Å². The third-order valence-electron chi connectivity index (χ3n) is 6.11. The number of nitrogens with zero attached hydrogens (tertiary/aromatic N) is 1. The number of nitrogens with one attached hydrogen (secondary N) is 1. The Morgan fingerprint density at radius 2 is 1.90 bits per heavy atom. The molecule has 2 rings (SSSR count). The first kappa shape index (κ1) is 16.3. The van der Waals surface area contributed by atoms with Crippen molar-refractivity contribution in [3.05, 3.63) is 0 Å². The quantitative estimate of drug-likeness (QED) is 0.843. The molecule has 2 nitrogen and oxygen atoms in total. The van der Waals surface area contributed by atoms with Gasteiger partial charge in [0.25, 0.3) is 0 Å². The van der Waals surface area contributed by atoms with Crippen LogP contribution in [-0.2, 0) is 0 Å². The van der Waals surface area contributed by atoms with E-state index in [4.69, 9.17) is 0 Å². The monoisotopic (exact) mass is 280 g/mol. The van der Waals surface area contributed by atoms with Crippen LogP contribution in [0.1, 0.15) is 66.7 Å². The molecule has 2 fully saturated rings. The van der Waals surface area contributed by atoms with Gasteiger partial charge in [-0.15, -0.1) is 0 Å². The molecular weight excluding hydrogens is 244 g/mol. The fourth-order valence-corrected chi connectivity index (χ4v) is 4.42. The van der Waals surface area contributed by atoms with E-state index in [0.717, 1.165) is 17.9 Å². The van der Waals surface area contributed by atoms with Crippen molar-refractivity contribution in [1.29, 1.82) is 0 Å². The lowest BCUT2D eigenvalue weighted by molar-refractivity contribution is 0.0693. The lowest BCUT2D eigenvalue weighted by Crippen LogP contribution is -2.49. The fraction of sp³-hybridized carbons (Fsp3) is 1.00. The van der Waals surface area contributed by atoms with E-state index in [1.165, 1.54) is 45.2 Å². The summed E-state index contributed by atoms with van der Waals surface area (Å²) < 4.78 is 0. The summed E-state index contributed by atoms with van der Waals surface area (Å²) in [6, 6.07) is 0.727. The van der Waals surface area contributed by atoms with Gasteiger partial charge in [0.2, 0.25) is 0 Å². The van der Waals surface area contributed by atoms with E-state index in [1.54, 1.807) is 0 Å². The second-order valence-electron chi connectivity index (χ2n) is 8.89. The summed E-state index contributed by atoms with van der Waals surface area (Å²) in [5, 5.41) is 3.60. The van der Waals surface area contributed by atoms with Gasteiger partial charge in [-0.2, -0.15) is 0 Å². The summed E-state index contributed by atoms with van der Waals surface area (Å²) >= 11 is 0. The topological polar surface area (TPSA) is 15.3 Å². The molecule has 2 aliphatic rings. The van der Waals surface area contributed by atoms with Gasteiger partial charge < -0.3 is 5.32 Å². The summed E-state index contributed by atoms with van der Waals surface area (Å²) in [5.41, 5.74) is 0.893. The van der Waals surface area contributed by atoms with Crippen LogP contribution in [-0.4, -0.2) is 36.6 Å². The zero-order valence-corrected chi connectivity index (χ0v) is 14.6. The fourth-order valence-electron chi connectivity index (χ4n) is 4.42. The summed E-state index contributed by atoms with van der Waals surface area (Å²) in [5.74, 6) is 1.72. The molecule has 1 heterocycles. The van der Waals surface area contributed by atoms with Crippen LogP contribution in [0.2, 0.25) is 0 Å². The molecule has 1 aliphatic carbocycles. The van der Waals surface area contributed by atoms with Gasteiger partial charge >= 0.3 is 0 Å². The van der Waals surface area contributed by atoms with E-state index in [9.17, 15) is 0 Å². The smallest absolute Gasteiger partial charge is 0.0153 e. The molecule has 20 heavy (non-hydrogen) atoms. The maximum atomic E-state index is 3.60. The molecule has 3 atom stereocenters. The summed E-state index contributed by atoms with van der Waals surface area (Å²) in [6.45, 7) is 14.7. The lowest BCUT2D eigenvalue weighted by Gasteiger charge is -2.44. The van der Waals surface area contributed by atoms with Crippen LogP contribution in [0.15, 0.2) is 0 Å². The number of likely N-dealkylation sites (tertiary alicyclic amines) is 1. The lowest BCUT2D eigenvalue weighted by atomic mass is 9.67. The van der Waals surface area contributed by atoms with E-state index < -0.39 is 0 Å². The Kier molecular flexibility index (Phi) is 4.86. The maximum absolute atomic E-state index is 3.60. The average molecular weight is 280 g/mol. The van der Waals surface area contributed by atoms with Crippen LogP contribution in [0.3, 0.4) is 0 Å². The molecule has 0 aromatic rings. The second-order valence-corrected chi connectivity index (χ2v) is 8.89. The highest BCUT2D eigenvalue weighted by Crippen LogP contribution is 2.41. The van der Waals surface area contributed by atoms with Gasteiger partial charge in [0.1, 0.15) is 0 Å². The predicted molar refractivity (Wildman–Crippen MR) is 88.0 cm³/mol. The van der Waals surface area contributed by atoms with Gasteiger partial charge in [-0.1, -0.05) is 20.8 Å². The van der Waals surface area contributed by atoms with Gasteiger partial charge in [-0.25, -0.2) is 0 Å². The zero-order valence-electron chi connectivity index (χ0n) is 14.6. The molecule has 2 heteroatoms. The van der Waals surface area contributed by atoms with Crippen molar-refractivity contribution in [2.75, 3.05) is 20.1 Å². The van der Waals surface area contributed by atoms with Crippen LogP contribution < -0.4 is 5.32 Å². The second kappa shape index (κ2) is 5.96. The van der Waals surface area contributed by atoms with Crippen LogP contribution in [0.5, 0.6) is 0 Å². The van der Waals surface area contributed by atoms with Crippen molar-refractivity contribution in [3.8, 4) is 0 Å². The normalized spacial score (nSPS) is 35.4. The van der Waals surface area contributed by atoms with Crippen molar-refractivity contribution >= 4 is 0 Å². The highest BCUT2D eigenvalue weighted by atomic mass is 15.2. The Bertz CT molecular complexity index is 316. The van der Waals surface area contributed by atoms with Crippen LogP contribution >= 0.6 is 0 Å². The molecule has 0 spiro atoms. The summed E-state index contributed by atoms with van der Waals surface area (Å²) in [4.78, 5) is 2.76. The summed E-state index contributed by atoms with van der Waals surface area (Å²) in [7, 11) is 2.16. The van der Waals surface area contributed by atoms with Gasteiger partial charge in [0.05, 0.1) is 0 Å². The third kappa shape index (κ3) is 3.57. The standard InChI is InChI=1S/C18H36N2/c1-17(2,3)15-8-9-16(19-6)14(12-15)13-20-11-7-10-18(20,4)5/h14-16,19H,7-13H2,1-6H3. The predicted octanol–water partition coefficient (Wildman–Crippen LogP) is 3.91. The van der Waals surface area contributed by atoms with Gasteiger partial charge in [-0.3, -0.25) is 4.90 Å². The van der Waals surface area contributed by atoms with Crippen molar-refractivity contribution in [2.24, 2.45) is 17.3 Å². The molecule has 1 saturated heterocycles. The Balaban J connectivity index is 2.02. The largest absolute Gasteiger partial charge is 0.317 e. The molecule has 0 bridgehead atoms. The summed E-state index contributed by atoms with van der Waals surface area (Å²) in [6.07, 6.45) is 6.91. The van der Waals surface area contributed by atoms with Crippen molar-refractivity contribution in [1.82, 2.24) is 10.2 Å². The van der Waals surface area contributed by atoms with E-state index in [1.807, 2.05) is 0 Å². The van der Waals surface area contributed by atoms with Gasteiger partial charge in [0, 0.05) is 18.1 Å². The molecule has 1 N–H and O–H groups in total. The molecule has 3 unspecified atom stereocenters. The van der Waals surface area contributed by atoms with Crippen LogP contribution in [0.4, 0.5) is 0 Å². The molecule has 0 amide bonds. The first-order valence-electron chi connectivity index (χ1n) is 8.66. The average Bonchev–Trinajstić information content (AvgIpc) is 2.67. The van der Waals surface area contributed by atoms with Gasteiger partial charge in [0.15, 0.2) is 0 Å². The molecular formula is C18H36N2. The van der Waals surface area contributed by atoms with Crippen molar-refractivity contribution < 1.29 is 0 Å². The third-order valence-corrected chi connectivity index (χ3v) is 6.11. The molecule has 118 valence electrons. The SMILES string of the molecule is CNC1CCC(C(C)(C)C)CC1CN1CCCC1(C)C. The number of hydrogen-bond donors (Lipinski definition) is 1. The first-order chi connectivity index (χ1) is 9.24. The van der Waals surface area contributed by atoms with Gasteiger partial charge in [-0.05, 0) is 76.8 Å². The minimum absolute atomic E-state index is 0.424. The Morgan fingerprint density at radius 3 is 2.40 bits per heavy atom. The first-order valence-corrected chi connectivity index (χ1v) is 8.66. The molecule has 0 radical (unpaired) electrons. The highest BCUT2D eigenvalue weighted by Gasteiger charge is 2.39. The molecule has 1 aliphatic heterocycles. The minimum Gasteiger partial charge on any atom is -0.317 e. The van der Waals surface area contributed by atoms with Crippen molar-refractivity contribution in [2.45, 2.75) is 78.3 Å². The van der Waals surface area contributed by atoms with Crippen molar-refractivity contribution in [3.63, 3.8) is 0 Å². The van der Waals surface area contributed by atoms with Crippen LogP contribution in [0, 0.1) is 17.3 Å². The minimum atomic E-state index is 0.424. The number of hydrogen-bond acceptors (Lipinski definition) is 2. The Hall–Kier alpha value is -0.0800. The van der Waals surface area contributed by atoms with E-state index >= 15 is 0 Å². The molecule has 1 saturated carbocycles. The Labute approximate surface area is 126 Å². The van der Waals surface area contributed by atoms with Crippen LogP contribution in [0.25, 0.3) is 0 Å². The maximum Gasteiger partial charge on any atom is 0.0153 e. The highest BCUT2D eigenvalue weighted by molar-refractivity contribution is 4.94. The van der Waals surface area contributed by atoms with E-state index in [-0.39, 0.29) is 0 Å². The molecule has 0 aromatic heterocycles. The number of rotatable bonds is 3. The zero-order chi connectivity index (χ0) is 15.0. The Morgan fingerprint density at radius 1 is 1.20 bits per heavy atom. The molecule has 0 aromatic carbocycles. The van der Waals surface area contributed by atoms with E-state index in [0.29, 0.717) is 11.0 Å².